The van der Waals surface area contributed by atoms with Crippen LogP contribution in [0.3, 0.4) is 0 Å². The number of hydrogen-bond donors (Lipinski definition) is 0. The van der Waals surface area contributed by atoms with Gasteiger partial charge in [0.1, 0.15) is 0 Å². The first-order valence-electron chi connectivity index (χ1n) is 8.36. The molecule has 3 nitrogen and oxygen atoms in total. The average Bonchev–Trinajstić information content (AvgIpc) is 3.13. The van der Waals surface area contributed by atoms with Crippen molar-refractivity contribution in [3.63, 3.8) is 0 Å². The Kier molecular flexibility index (Phi) is 3.03. The molecule has 1 aliphatic carbocycles. The summed E-state index contributed by atoms with van der Waals surface area (Å²) in [6, 6.07) is 16.5. The van der Waals surface area contributed by atoms with Gasteiger partial charge in [-0.15, -0.1) is 0 Å². The maximum atomic E-state index is 6.14. The van der Waals surface area contributed by atoms with Crippen molar-refractivity contribution in [3.8, 4) is 17.1 Å². The van der Waals surface area contributed by atoms with E-state index in [0.29, 0.717) is 0 Å². The summed E-state index contributed by atoms with van der Waals surface area (Å²) in [5.41, 5.74) is 8.25. The van der Waals surface area contributed by atoms with Gasteiger partial charge in [-0.25, -0.2) is 9.67 Å². The van der Waals surface area contributed by atoms with E-state index in [4.69, 9.17) is 21.7 Å². The third-order valence-electron chi connectivity index (χ3n) is 5.01. The molecule has 4 aromatic rings. The van der Waals surface area contributed by atoms with Gasteiger partial charge in [0.05, 0.1) is 16.9 Å². The molecule has 2 heterocycles. The van der Waals surface area contributed by atoms with E-state index in [1.165, 1.54) is 22.4 Å². The molecule has 0 unspecified atom stereocenters. The molecule has 0 fully saturated rings. The van der Waals surface area contributed by atoms with Crippen LogP contribution in [0.4, 0.5) is 0 Å². The summed E-state index contributed by atoms with van der Waals surface area (Å²) in [5.74, 6) is 0.855. The summed E-state index contributed by atoms with van der Waals surface area (Å²) in [4.78, 5) is 4.85. The SMILES string of the molecule is Cc1nn(-c2cc(C)c3cc(Cl)ccc3n2)c2c1Cc1ccccc1-2. The lowest BCUT2D eigenvalue weighted by molar-refractivity contribution is 0.841. The van der Waals surface area contributed by atoms with Gasteiger partial charge in [0, 0.05) is 28.0 Å². The molecule has 0 radical (unpaired) electrons. The van der Waals surface area contributed by atoms with Gasteiger partial charge in [-0.1, -0.05) is 35.9 Å². The van der Waals surface area contributed by atoms with Crippen molar-refractivity contribution in [3.05, 3.63) is 75.9 Å². The van der Waals surface area contributed by atoms with Gasteiger partial charge in [0.2, 0.25) is 0 Å². The molecule has 25 heavy (non-hydrogen) atoms. The lowest BCUT2D eigenvalue weighted by atomic mass is 10.1. The monoisotopic (exact) mass is 345 g/mol. The Labute approximate surface area is 150 Å². The molecule has 0 atom stereocenters. The zero-order chi connectivity index (χ0) is 17.1. The number of benzene rings is 2. The van der Waals surface area contributed by atoms with Gasteiger partial charge in [-0.05, 0) is 49.2 Å². The minimum absolute atomic E-state index is 0.731. The standard InChI is InChI=1S/C21H16ClN3/c1-12-9-20(23-19-8-7-15(22)11-17(12)19)25-21-16-6-4-3-5-14(16)10-18(21)13(2)24-25/h3-9,11H,10H2,1-2H3. The Balaban J connectivity index is 1.78. The van der Waals surface area contributed by atoms with Crippen LogP contribution in [0.25, 0.3) is 28.0 Å². The Morgan fingerprint density at radius 1 is 1.04 bits per heavy atom. The predicted molar refractivity (Wildman–Crippen MR) is 102 cm³/mol. The van der Waals surface area contributed by atoms with E-state index in [0.717, 1.165) is 39.4 Å². The van der Waals surface area contributed by atoms with Gasteiger partial charge in [0.25, 0.3) is 0 Å². The first-order valence-corrected chi connectivity index (χ1v) is 8.73. The summed E-state index contributed by atoms with van der Waals surface area (Å²) >= 11 is 6.14. The summed E-state index contributed by atoms with van der Waals surface area (Å²) in [6.45, 7) is 4.17. The molecule has 1 aliphatic rings. The minimum atomic E-state index is 0.731. The molecule has 0 saturated carbocycles. The molecule has 0 saturated heterocycles. The molecular weight excluding hydrogens is 330 g/mol. The van der Waals surface area contributed by atoms with E-state index in [1.807, 2.05) is 22.9 Å². The lowest BCUT2D eigenvalue weighted by Crippen LogP contribution is -2.03. The molecule has 5 rings (SSSR count). The highest BCUT2D eigenvalue weighted by Crippen LogP contribution is 2.39. The van der Waals surface area contributed by atoms with Crippen molar-refractivity contribution in [1.82, 2.24) is 14.8 Å². The Morgan fingerprint density at radius 3 is 2.76 bits per heavy atom. The molecule has 0 amide bonds. The van der Waals surface area contributed by atoms with Gasteiger partial charge < -0.3 is 0 Å². The minimum Gasteiger partial charge on any atom is -0.229 e. The Bertz CT molecular complexity index is 1160. The second-order valence-electron chi connectivity index (χ2n) is 6.62. The van der Waals surface area contributed by atoms with Crippen molar-refractivity contribution in [2.45, 2.75) is 20.3 Å². The van der Waals surface area contributed by atoms with Crippen molar-refractivity contribution < 1.29 is 0 Å². The maximum absolute atomic E-state index is 6.14. The number of aromatic nitrogens is 3. The molecule has 2 aromatic carbocycles. The molecule has 0 spiro atoms. The summed E-state index contributed by atoms with van der Waals surface area (Å²) < 4.78 is 2.00. The van der Waals surface area contributed by atoms with Crippen molar-refractivity contribution >= 4 is 22.5 Å². The van der Waals surface area contributed by atoms with Crippen molar-refractivity contribution in [2.75, 3.05) is 0 Å². The summed E-state index contributed by atoms with van der Waals surface area (Å²) in [7, 11) is 0. The molecule has 2 aromatic heterocycles. The molecular formula is C21H16ClN3. The van der Waals surface area contributed by atoms with Crippen molar-refractivity contribution in [1.29, 1.82) is 0 Å². The zero-order valence-corrected chi connectivity index (χ0v) is 14.8. The van der Waals surface area contributed by atoms with Crippen LogP contribution in [0.2, 0.25) is 5.02 Å². The van der Waals surface area contributed by atoms with E-state index in [2.05, 4.69) is 44.2 Å². The maximum Gasteiger partial charge on any atom is 0.155 e. The summed E-state index contributed by atoms with van der Waals surface area (Å²) in [5, 5.41) is 6.61. The molecule has 0 N–H and O–H groups in total. The van der Waals surface area contributed by atoms with Crippen LogP contribution in [0.5, 0.6) is 0 Å². The molecule has 4 heteroatoms. The predicted octanol–water partition coefficient (Wildman–Crippen LogP) is 5.26. The second-order valence-corrected chi connectivity index (χ2v) is 7.05. The van der Waals surface area contributed by atoms with E-state index in [-0.39, 0.29) is 0 Å². The topological polar surface area (TPSA) is 30.7 Å². The number of fused-ring (bicyclic) bond motifs is 4. The van der Waals surface area contributed by atoms with Crippen LogP contribution in [0, 0.1) is 13.8 Å². The van der Waals surface area contributed by atoms with E-state index >= 15 is 0 Å². The van der Waals surface area contributed by atoms with Crippen LogP contribution in [0.1, 0.15) is 22.4 Å². The highest BCUT2D eigenvalue weighted by atomic mass is 35.5. The van der Waals surface area contributed by atoms with Crippen LogP contribution < -0.4 is 0 Å². The van der Waals surface area contributed by atoms with Crippen LogP contribution in [0.15, 0.2) is 48.5 Å². The van der Waals surface area contributed by atoms with Gasteiger partial charge >= 0.3 is 0 Å². The number of nitrogens with zero attached hydrogens (tertiary/aromatic N) is 3. The van der Waals surface area contributed by atoms with Crippen LogP contribution in [-0.4, -0.2) is 14.8 Å². The van der Waals surface area contributed by atoms with E-state index < -0.39 is 0 Å². The zero-order valence-electron chi connectivity index (χ0n) is 14.0. The lowest BCUT2D eigenvalue weighted by Gasteiger charge is -2.10. The van der Waals surface area contributed by atoms with E-state index in [9.17, 15) is 0 Å². The van der Waals surface area contributed by atoms with E-state index in [1.54, 1.807) is 0 Å². The highest BCUT2D eigenvalue weighted by molar-refractivity contribution is 6.31. The molecule has 0 aliphatic heterocycles. The fourth-order valence-corrected chi connectivity index (χ4v) is 3.94. The highest BCUT2D eigenvalue weighted by Gasteiger charge is 2.26. The smallest absolute Gasteiger partial charge is 0.155 e. The van der Waals surface area contributed by atoms with Crippen LogP contribution >= 0.6 is 11.6 Å². The first kappa shape index (κ1) is 14.7. The normalized spacial score (nSPS) is 12.4. The van der Waals surface area contributed by atoms with Gasteiger partial charge in [-0.2, -0.15) is 5.10 Å². The Hall–Kier alpha value is -2.65. The number of pyridine rings is 1. The van der Waals surface area contributed by atoms with Gasteiger partial charge in [0.15, 0.2) is 5.82 Å². The molecule has 0 bridgehead atoms. The largest absolute Gasteiger partial charge is 0.229 e. The third-order valence-corrected chi connectivity index (χ3v) is 5.24. The fourth-order valence-electron chi connectivity index (χ4n) is 3.77. The quantitative estimate of drug-likeness (QED) is 0.415. The number of hydrogen-bond acceptors (Lipinski definition) is 2. The molecule has 122 valence electrons. The van der Waals surface area contributed by atoms with Gasteiger partial charge in [-0.3, -0.25) is 0 Å². The number of halogens is 1. The Morgan fingerprint density at radius 2 is 1.88 bits per heavy atom. The first-order chi connectivity index (χ1) is 12.1. The average molecular weight is 346 g/mol. The second kappa shape index (κ2) is 5.17. The fraction of sp³-hybridized carbons (Fsp3) is 0.143. The summed E-state index contributed by atoms with van der Waals surface area (Å²) in [6.07, 6.45) is 0.944. The van der Waals surface area contributed by atoms with Crippen LogP contribution in [-0.2, 0) is 6.42 Å². The van der Waals surface area contributed by atoms with Crippen molar-refractivity contribution in [2.24, 2.45) is 0 Å². The third kappa shape index (κ3) is 2.12. The number of aryl methyl sites for hydroxylation is 2. The number of rotatable bonds is 1.